The largest absolute Gasteiger partial charge is 0.455 e. The number of rotatable bonds is 2. The predicted molar refractivity (Wildman–Crippen MR) is 58.9 cm³/mol. The zero-order chi connectivity index (χ0) is 12.6. The van der Waals surface area contributed by atoms with Gasteiger partial charge in [-0.3, -0.25) is 0 Å². The van der Waals surface area contributed by atoms with E-state index in [1.165, 1.54) is 6.07 Å². The summed E-state index contributed by atoms with van der Waals surface area (Å²) in [7, 11) is 0. The van der Waals surface area contributed by atoms with Crippen molar-refractivity contribution in [2.24, 2.45) is 5.73 Å². The van der Waals surface area contributed by atoms with Crippen LogP contribution in [0.2, 0.25) is 0 Å². The summed E-state index contributed by atoms with van der Waals surface area (Å²) in [4.78, 5) is 11.6. The molecule has 0 aliphatic heterocycles. The fourth-order valence-corrected chi connectivity index (χ4v) is 1.01. The highest BCUT2D eigenvalue weighted by Gasteiger charge is 2.25. The molecule has 0 bridgehead atoms. The summed E-state index contributed by atoms with van der Waals surface area (Å²) < 4.78 is 10.1. The zero-order valence-electron chi connectivity index (χ0n) is 10.3. The lowest BCUT2D eigenvalue weighted by Gasteiger charge is -2.18. The minimum atomic E-state index is -0.659. The molecule has 0 atom stereocenters. The fourth-order valence-electron chi connectivity index (χ4n) is 1.01. The van der Waals surface area contributed by atoms with Gasteiger partial charge in [0.05, 0.1) is 5.54 Å². The van der Waals surface area contributed by atoms with Gasteiger partial charge in [-0.2, -0.15) is 0 Å². The molecule has 0 fully saturated rings. The van der Waals surface area contributed by atoms with Gasteiger partial charge in [-0.25, -0.2) is 4.79 Å². The molecule has 90 valence electrons. The van der Waals surface area contributed by atoms with E-state index >= 15 is 0 Å². The number of aromatic nitrogens is 1. The van der Waals surface area contributed by atoms with Crippen molar-refractivity contribution >= 4 is 5.97 Å². The lowest BCUT2D eigenvalue weighted by Crippen LogP contribution is -2.28. The van der Waals surface area contributed by atoms with E-state index in [1.807, 2.05) is 0 Å². The Bertz CT molecular complexity index is 383. The van der Waals surface area contributed by atoms with Crippen LogP contribution in [0.25, 0.3) is 0 Å². The van der Waals surface area contributed by atoms with Crippen molar-refractivity contribution < 1.29 is 14.1 Å². The van der Waals surface area contributed by atoms with Crippen molar-refractivity contribution in [1.29, 1.82) is 0 Å². The average Bonchev–Trinajstić information content (AvgIpc) is 2.46. The maximum Gasteiger partial charge on any atom is 0.361 e. The molecule has 5 nitrogen and oxygen atoms in total. The molecule has 2 N–H and O–H groups in total. The number of nitrogens with two attached hydrogens (primary N) is 1. The fraction of sp³-hybridized carbons (Fsp3) is 0.636. The molecule has 0 saturated carbocycles. The van der Waals surface area contributed by atoms with E-state index in [0.717, 1.165) is 0 Å². The first-order valence-corrected chi connectivity index (χ1v) is 5.09. The Labute approximate surface area is 94.9 Å². The third kappa shape index (κ3) is 3.34. The van der Waals surface area contributed by atoms with Gasteiger partial charge >= 0.3 is 5.97 Å². The van der Waals surface area contributed by atoms with Crippen LogP contribution in [0.15, 0.2) is 10.6 Å². The molecule has 1 rings (SSSR count). The summed E-state index contributed by atoms with van der Waals surface area (Å²) in [5, 5.41) is 3.64. The molecule has 0 unspecified atom stereocenters. The second-order valence-corrected chi connectivity index (χ2v) is 5.30. The Hall–Kier alpha value is -1.36. The number of hydrogen-bond donors (Lipinski definition) is 1. The second-order valence-electron chi connectivity index (χ2n) is 5.30. The molecule has 0 saturated heterocycles. The SMILES string of the molecule is CC(C)(C)OC(=O)c1cc(C(C)(C)N)on1. The molecular formula is C11H18N2O3. The molecule has 16 heavy (non-hydrogen) atoms. The molecule has 1 heterocycles. The predicted octanol–water partition coefficient (Wildman–Crippen LogP) is 1.82. The number of hydrogen-bond acceptors (Lipinski definition) is 5. The van der Waals surface area contributed by atoms with Crippen LogP contribution in [0.4, 0.5) is 0 Å². The van der Waals surface area contributed by atoms with Crippen LogP contribution in [-0.2, 0) is 10.3 Å². The Kier molecular flexibility index (Phi) is 3.10. The van der Waals surface area contributed by atoms with Crippen LogP contribution in [0.3, 0.4) is 0 Å². The van der Waals surface area contributed by atoms with E-state index in [0.29, 0.717) is 5.76 Å². The summed E-state index contributed by atoms with van der Waals surface area (Å²) in [6.07, 6.45) is 0. The van der Waals surface area contributed by atoms with E-state index < -0.39 is 17.1 Å². The van der Waals surface area contributed by atoms with Gasteiger partial charge < -0.3 is 15.0 Å². The van der Waals surface area contributed by atoms with Gasteiger partial charge in [-0.15, -0.1) is 0 Å². The van der Waals surface area contributed by atoms with Crippen LogP contribution in [0.5, 0.6) is 0 Å². The van der Waals surface area contributed by atoms with E-state index in [4.69, 9.17) is 15.0 Å². The Balaban J connectivity index is 2.83. The van der Waals surface area contributed by atoms with E-state index in [1.54, 1.807) is 34.6 Å². The summed E-state index contributed by atoms with van der Waals surface area (Å²) in [6.45, 7) is 8.91. The van der Waals surface area contributed by atoms with Crippen LogP contribution in [0.1, 0.15) is 50.9 Å². The smallest absolute Gasteiger partial charge is 0.361 e. The summed E-state index contributed by atoms with van der Waals surface area (Å²) in [5.74, 6) is -0.0555. The van der Waals surface area contributed by atoms with Crippen molar-refractivity contribution in [3.8, 4) is 0 Å². The molecule has 0 aliphatic carbocycles. The quantitative estimate of drug-likeness (QED) is 0.778. The van der Waals surface area contributed by atoms with Crippen LogP contribution in [-0.4, -0.2) is 16.7 Å². The molecule has 0 amide bonds. The highest BCUT2D eigenvalue weighted by atomic mass is 16.6. The standard InChI is InChI=1S/C11H18N2O3/c1-10(2,3)15-9(14)7-6-8(16-13-7)11(4,5)12/h6H,12H2,1-5H3. The molecule has 0 aliphatic rings. The minimum absolute atomic E-state index is 0.142. The number of esters is 1. The molecule has 1 aromatic rings. The third-order valence-corrected chi connectivity index (χ3v) is 1.75. The summed E-state index contributed by atoms with van der Waals surface area (Å²) in [6, 6.07) is 1.51. The highest BCUT2D eigenvalue weighted by Crippen LogP contribution is 2.19. The molecular weight excluding hydrogens is 208 g/mol. The normalized spacial score (nSPS) is 12.6. The van der Waals surface area contributed by atoms with Gasteiger partial charge in [0, 0.05) is 6.07 Å². The monoisotopic (exact) mass is 226 g/mol. The van der Waals surface area contributed by atoms with Crippen molar-refractivity contribution in [2.45, 2.75) is 45.8 Å². The number of ether oxygens (including phenoxy) is 1. The van der Waals surface area contributed by atoms with Gasteiger partial charge in [-0.1, -0.05) is 5.16 Å². The lowest BCUT2D eigenvalue weighted by atomic mass is 10.0. The van der Waals surface area contributed by atoms with Crippen molar-refractivity contribution in [1.82, 2.24) is 5.16 Å². The minimum Gasteiger partial charge on any atom is -0.455 e. The Morgan fingerprint density at radius 1 is 1.38 bits per heavy atom. The van der Waals surface area contributed by atoms with Gasteiger partial charge in [0.2, 0.25) is 0 Å². The van der Waals surface area contributed by atoms with Crippen molar-refractivity contribution in [2.75, 3.05) is 0 Å². The van der Waals surface area contributed by atoms with Crippen LogP contribution < -0.4 is 5.73 Å². The van der Waals surface area contributed by atoms with E-state index in [9.17, 15) is 4.79 Å². The maximum atomic E-state index is 11.6. The molecule has 0 spiro atoms. The van der Waals surface area contributed by atoms with Crippen molar-refractivity contribution in [3.63, 3.8) is 0 Å². The van der Waals surface area contributed by atoms with Gasteiger partial charge in [0.15, 0.2) is 11.5 Å². The zero-order valence-corrected chi connectivity index (χ0v) is 10.3. The average molecular weight is 226 g/mol. The molecule has 0 aromatic carbocycles. The number of carbonyl (C=O) groups is 1. The topological polar surface area (TPSA) is 78.4 Å². The number of carbonyl (C=O) groups excluding carboxylic acids is 1. The number of nitrogens with zero attached hydrogens (tertiary/aromatic N) is 1. The highest BCUT2D eigenvalue weighted by molar-refractivity contribution is 5.87. The van der Waals surface area contributed by atoms with Gasteiger partial charge in [0.25, 0.3) is 0 Å². The lowest BCUT2D eigenvalue weighted by molar-refractivity contribution is 0.00586. The van der Waals surface area contributed by atoms with Crippen LogP contribution in [0, 0.1) is 0 Å². The first-order chi connectivity index (χ1) is 7.09. The summed E-state index contributed by atoms with van der Waals surface area (Å²) in [5.41, 5.74) is 4.75. The first-order valence-electron chi connectivity index (χ1n) is 5.09. The Morgan fingerprint density at radius 3 is 2.31 bits per heavy atom. The Morgan fingerprint density at radius 2 is 1.94 bits per heavy atom. The molecule has 1 aromatic heterocycles. The maximum absolute atomic E-state index is 11.6. The van der Waals surface area contributed by atoms with Crippen molar-refractivity contribution in [3.05, 3.63) is 17.5 Å². The van der Waals surface area contributed by atoms with Gasteiger partial charge in [0.1, 0.15) is 5.60 Å². The van der Waals surface area contributed by atoms with E-state index in [-0.39, 0.29) is 5.69 Å². The summed E-state index contributed by atoms with van der Waals surface area (Å²) >= 11 is 0. The first kappa shape index (κ1) is 12.7. The second kappa shape index (κ2) is 3.90. The van der Waals surface area contributed by atoms with Gasteiger partial charge in [-0.05, 0) is 34.6 Å². The van der Waals surface area contributed by atoms with E-state index in [2.05, 4.69) is 5.16 Å². The third-order valence-electron chi connectivity index (χ3n) is 1.75. The molecule has 0 radical (unpaired) electrons. The van der Waals surface area contributed by atoms with Crippen LogP contribution >= 0.6 is 0 Å². The molecule has 5 heteroatoms.